The summed E-state index contributed by atoms with van der Waals surface area (Å²) in [5, 5.41) is 5.15. The van der Waals surface area contributed by atoms with E-state index >= 15 is 0 Å². The van der Waals surface area contributed by atoms with E-state index in [1.807, 2.05) is 0 Å². The maximum absolute atomic E-state index is 4.77. The molecule has 4 heteroatoms. The Bertz CT molecular complexity index is 2510. The predicted molar refractivity (Wildman–Crippen MR) is 263 cm³/mol. The summed E-state index contributed by atoms with van der Waals surface area (Å²) >= 11 is 4.77. The zero-order valence-corrected chi connectivity index (χ0v) is 37.4. The van der Waals surface area contributed by atoms with Crippen molar-refractivity contribution in [3.05, 3.63) is 156 Å². The lowest BCUT2D eigenvalue weighted by atomic mass is 9.81. The SMILES string of the molecule is Cc1ccc(N(c2ccc(C)cc2)c2c3ccc(C4CCCCC4)cc3c(N(c3ccc(S)cc3)c3ccc(S(C)(C)C)cc3)c3ccc(C4CCCCC4)cc23)cc1. The van der Waals surface area contributed by atoms with Crippen LogP contribution in [-0.4, -0.2) is 18.8 Å². The molecule has 7 aromatic rings. The Kier molecular flexibility index (Phi) is 11.3. The number of anilines is 6. The first kappa shape index (κ1) is 39.8. The first-order valence-corrected chi connectivity index (χ1v) is 25.3. The van der Waals surface area contributed by atoms with Gasteiger partial charge in [0, 0.05) is 49.2 Å². The van der Waals surface area contributed by atoms with Gasteiger partial charge in [-0.2, -0.15) is 0 Å². The Balaban J connectivity index is 1.42. The Morgan fingerprint density at radius 1 is 0.424 bits per heavy atom. The second-order valence-electron chi connectivity index (χ2n) is 18.2. The van der Waals surface area contributed by atoms with E-state index in [0.717, 1.165) is 10.6 Å². The Hall–Kier alpha value is -4.64. The fourth-order valence-corrected chi connectivity index (χ4v) is 11.0. The number of nitrogens with zero attached hydrogens (tertiary/aromatic N) is 2. The molecule has 59 heavy (non-hydrogen) atoms. The number of aryl methyl sites for hydroxylation is 2. The van der Waals surface area contributed by atoms with Crippen molar-refractivity contribution in [2.45, 2.75) is 99.7 Å². The Labute approximate surface area is 360 Å². The van der Waals surface area contributed by atoms with Crippen LogP contribution in [0.1, 0.15) is 98.3 Å². The van der Waals surface area contributed by atoms with Crippen LogP contribution < -0.4 is 9.80 Å². The van der Waals surface area contributed by atoms with Crippen molar-refractivity contribution in [2.24, 2.45) is 0 Å². The largest absolute Gasteiger partial charge is 0.309 e. The third-order valence-electron chi connectivity index (χ3n) is 13.2. The summed E-state index contributed by atoms with van der Waals surface area (Å²) in [7, 11) is -0.891. The van der Waals surface area contributed by atoms with Crippen LogP contribution in [0.2, 0.25) is 0 Å². The minimum absolute atomic E-state index is 0.574. The van der Waals surface area contributed by atoms with Crippen LogP contribution in [0.4, 0.5) is 34.1 Å². The smallest absolute Gasteiger partial charge is 0.0620 e. The zero-order valence-electron chi connectivity index (χ0n) is 35.7. The lowest BCUT2D eigenvalue weighted by Gasteiger charge is -2.34. The van der Waals surface area contributed by atoms with E-state index in [2.05, 4.69) is 176 Å². The quantitative estimate of drug-likeness (QED) is 0.0881. The normalized spacial score (nSPS) is 15.8. The van der Waals surface area contributed by atoms with Crippen molar-refractivity contribution in [3.8, 4) is 0 Å². The second-order valence-corrected chi connectivity index (χ2v) is 22.8. The van der Waals surface area contributed by atoms with Gasteiger partial charge in [0.25, 0.3) is 0 Å². The number of hydrogen-bond acceptors (Lipinski definition) is 3. The molecule has 0 unspecified atom stereocenters. The van der Waals surface area contributed by atoms with Crippen LogP contribution in [0, 0.1) is 13.8 Å². The molecule has 0 spiro atoms. The van der Waals surface area contributed by atoms with E-state index in [9.17, 15) is 0 Å². The summed E-state index contributed by atoms with van der Waals surface area (Å²) in [5.41, 5.74) is 12.7. The summed E-state index contributed by atoms with van der Waals surface area (Å²) in [6, 6.07) is 51.7. The number of fused-ring (bicyclic) bond motifs is 2. The number of rotatable bonds is 9. The molecule has 0 saturated heterocycles. The lowest BCUT2D eigenvalue weighted by molar-refractivity contribution is 0.444. The van der Waals surface area contributed by atoms with Gasteiger partial charge in [-0.3, -0.25) is 0 Å². The van der Waals surface area contributed by atoms with Crippen molar-refractivity contribution in [1.82, 2.24) is 0 Å². The van der Waals surface area contributed by atoms with E-state index in [1.165, 1.54) is 141 Å². The maximum Gasteiger partial charge on any atom is 0.0620 e. The first-order chi connectivity index (χ1) is 28.6. The molecule has 0 N–H and O–H groups in total. The summed E-state index contributed by atoms with van der Waals surface area (Å²) < 4.78 is 0. The van der Waals surface area contributed by atoms with Gasteiger partial charge in [0.05, 0.1) is 11.4 Å². The highest BCUT2D eigenvalue weighted by molar-refractivity contribution is 8.32. The average Bonchev–Trinajstić information content (AvgIpc) is 3.26. The van der Waals surface area contributed by atoms with E-state index in [4.69, 9.17) is 12.6 Å². The van der Waals surface area contributed by atoms with Crippen LogP contribution in [0.3, 0.4) is 0 Å². The summed E-state index contributed by atoms with van der Waals surface area (Å²) in [5.74, 6) is 1.15. The molecule has 0 radical (unpaired) electrons. The molecular formula is C55H60N2S2. The molecule has 9 rings (SSSR count). The molecule has 2 fully saturated rings. The van der Waals surface area contributed by atoms with Gasteiger partial charge in [-0.25, -0.2) is 10.0 Å². The first-order valence-electron chi connectivity index (χ1n) is 22.0. The fraction of sp³-hybridized carbons (Fsp3) is 0.309. The van der Waals surface area contributed by atoms with Crippen molar-refractivity contribution < 1.29 is 0 Å². The third kappa shape index (κ3) is 8.16. The van der Waals surface area contributed by atoms with Crippen LogP contribution in [0.15, 0.2) is 143 Å². The minimum Gasteiger partial charge on any atom is -0.309 e. The van der Waals surface area contributed by atoms with Crippen LogP contribution in [-0.2, 0) is 0 Å². The van der Waals surface area contributed by atoms with E-state index in [1.54, 1.807) is 0 Å². The van der Waals surface area contributed by atoms with E-state index in [0.29, 0.717) is 11.8 Å². The summed E-state index contributed by atoms with van der Waals surface area (Å²) in [6.45, 7) is 4.38. The highest BCUT2D eigenvalue weighted by atomic mass is 32.3. The fourth-order valence-electron chi connectivity index (χ4n) is 9.89. The lowest BCUT2D eigenvalue weighted by Crippen LogP contribution is -2.15. The van der Waals surface area contributed by atoms with Gasteiger partial charge in [-0.15, -0.1) is 12.6 Å². The number of benzene rings is 7. The van der Waals surface area contributed by atoms with Crippen LogP contribution in [0.5, 0.6) is 0 Å². The highest BCUT2D eigenvalue weighted by Gasteiger charge is 2.28. The molecular weight excluding hydrogens is 753 g/mol. The van der Waals surface area contributed by atoms with Gasteiger partial charge in [-0.1, -0.05) is 98.2 Å². The van der Waals surface area contributed by atoms with Crippen molar-refractivity contribution in [2.75, 3.05) is 28.6 Å². The van der Waals surface area contributed by atoms with Gasteiger partial charge in [0.1, 0.15) is 0 Å². The monoisotopic (exact) mass is 812 g/mol. The topological polar surface area (TPSA) is 6.48 Å². The van der Waals surface area contributed by atoms with Crippen molar-refractivity contribution in [1.29, 1.82) is 0 Å². The number of hydrogen-bond donors (Lipinski definition) is 1. The molecule has 0 bridgehead atoms. The minimum atomic E-state index is -0.891. The predicted octanol–water partition coefficient (Wildman–Crippen LogP) is 17.0. The molecule has 302 valence electrons. The molecule has 0 amide bonds. The third-order valence-corrected chi connectivity index (χ3v) is 15.2. The van der Waals surface area contributed by atoms with Gasteiger partial charge in [-0.05, 0) is 171 Å². The van der Waals surface area contributed by atoms with Gasteiger partial charge in [0.2, 0.25) is 0 Å². The number of thiol groups is 1. The molecule has 7 aromatic carbocycles. The molecule has 2 aliphatic rings. The van der Waals surface area contributed by atoms with Crippen molar-refractivity contribution >= 4 is 78.3 Å². The van der Waals surface area contributed by atoms with E-state index < -0.39 is 10.0 Å². The second kappa shape index (κ2) is 16.8. The molecule has 2 aliphatic carbocycles. The zero-order chi connectivity index (χ0) is 40.7. The molecule has 0 atom stereocenters. The highest BCUT2D eigenvalue weighted by Crippen LogP contribution is 2.53. The van der Waals surface area contributed by atoms with Crippen LogP contribution >= 0.6 is 22.7 Å². The standard InChI is InChI=1S/C55H60N2S2/c1-38-16-22-44(23-17-38)56(45-24-18-39(2)19-25-45)54-50-34-20-43(41-14-10-7-11-15-41)37-53(50)55(51-35-21-42(36-52(51)54)40-12-8-6-9-13-40)57(46-26-30-48(58)31-27-46)47-28-32-49(33-29-47)59(3,4)5/h16-37,40-41,58H,6-15H2,1-5H3. The maximum atomic E-state index is 4.77. The van der Waals surface area contributed by atoms with Crippen molar-refractivity contribution in [3.63, 3.8) is 0 Å². The van der Waals surface area contributed by atoms with E-state index in [-0.39, 0.29) is 0 Å². The molecule has 0 aromatic heterocycles. The summed E-state index contributed by atoms with van der Waals surface area (Å²) in [6.07, 6.45) is 20.1. The van der Waals surface area contributed by atoms with Gasteiger partial charge >= 0.3 is 0 Å². The Morgan fingerprint density at radius 3 is 1.15 bits per heavy atom. The molecule has 0 aliphatic heterocycles. The average molecular weight is 813 g/mol. The molecule has 0 heterocycles. The molecule has 2 nitrogen and oxygen atoms in total. The summed E-state index contributed by atoms with van der Waals surface area (Å²) in [4.78, 5) is 7.49. The van der Waals surface area contributed by atoms with Gasteiger partial charge < -0.3 is 9.80 Å². The Morgan fingerprint density at radius 2 is 0.780 bits per heavy atom. The molecule has 2 saturated carbocycles. The van der Waals surface area contributed by atoms with Crippen LogP contribution in [0.25, 0.3) is 21.5 Å². The van der Waals surface area contributed by atoms with Gasteiger partial charge in [0.15, 0.2) is 0 Å².